The number of aliphatic hydroxyl groups excluding tert-OH is 1. The summed E-state index contributed by atoms with van der Waals surface area (Å²) in [7, 11) is 0. The van der Waals surface area contributed by atoms with Crippen LogP contribution in [0.15, 0.2) is 24.3 Å². The average molecular weight is 226 g/mol. The minimum Gasteiger partial charge on any atom is -0.395 e. The van der Waals surface area contributed by atoms with Gasteiger partial charge in [0.05, 0.1) is 12.3 Å². The number of benzene rings is 1. The number of hydrogen-bond acceptors (Lipinski definition) is 3. The first-order chi connectivity index (χ1) is 7.69. The molecule has 0 radical (unpaired) electrons. The predicted molar refractivity (Wildman–Crippen MR) is 64.0 cm³/mol. The van der Waals surface area contributed by atoms with Gasteiger partial charge in [0.25, 0.3) is 0 Å². The van der Waals surface area contributed by atoms with Gasteiger partial charge in [0.1, 0.15) is 5.82 Å². The van der Waals surface area contributed by atoms with Crippen molar-refractivity contribution in [2.75, 3.05) is 24.6 Å². The molecule has 0 aromatic heterocycles. The van der Waals surface area contributed by atoms with E-state index in [1.165, 1.54) is 6.07 Å². The first-order valence-electron chi connectivity index (χ1n) is 5.55. The zero-order valence-electron chi connectivity index (χ0n) is 9.56. The lowest BCUT2D eigenvalue weighted by Gasteiger charge is -2.24. The van der Waals surface area contributed by atoms with E-state index in [4.69, 9.17) is 10.8 Å². The first-order valence-corrected chi connectivity index (χ1v) is 5.55. The van der Waals surface area contributed by atoms with Gasteiger partial charge < -0.3 is 15.7 Å². The van der Waals surface area contributed by atoms with Crippen LogP contribution in [0.25, 0.3) is 0 Å². The van der Waals surface area contributed by atoms with Crippen molar-refractivity contribution < 1.29 is 9.50 Å². The largest absolute Gasteiger partial charge is 0.395 e. The van der Waals surface area contributed by atoms with Crippen molar-refractivity contribution in [3.63, 3.8) is 0 Å². The van der Waals surface area contributed by atoms with Crippen LogP contribution < -0.4 is 10.6 Å². The number of nitrogens with zero attached hydrogens (tertiary/aromatic N) is 1. The van der Waals surface area contributed by atoms with Gasteiger partial charge in [-0.25, -0.2) is 4.39 Å². The van der Waals surface area contributed by atoms with Gasteiger partial charge in [0.2, 0.25) is 0 Å². The fourth-order valence-corrected chi connectivity index (χ4v) is 1.57. The van der Waals surface area contributed by atoms with E-state index in [0.717, 1.165) is 6.54 Å². The van der Waals surface area contributed by atoms with E-state index in [1.807, 2.05) is 17.9 Å². The number of para-hydroxylation sites is 1. The van der Waals surface area contributed by atoms with Gasteiger partial charge >= 0.3 is 0 Å². The molecule has 90 valence electrons. The van der Waals surface area contributed by atoms with Crippen molar-refractivity contribution >= 4 is 5.69 Å². The van der Waals surface area contributed by atoms with E-state index in [0.29, 0.717) is 18.7 Å². The van der Waals surface area contributed by atoms with Crippen LogP contribution >= 0.6 is 0 Å². The summed E-state index contributed by atoms with van der Waals surface area (Å²) < 4.78 is 13.5. The Balaban J connectivity index is 2.64. The summed E-state index contributed by atoms with van der Waals surface area (Å²) in [5, 5.41) is 8.83. The zero-order valence-corrected chi connectivity index (χ0v) is 9.56. The van der Waals surface area contributed by atoms with Gasteiger partial charge in [-0.3, -0.25) is 0 Å². The Morgan fingerprint density at radius 1 is 1.44 bits per heavy atom. The van der Waals surface area contributed by atoms with Gasteiger partial charge in [-0.05, 0) is 25.5 Å². The molecule has 3 N–H and O–H groups in total. The molecular formula is C12H19FN2O. The summed E-state index contributed by atoms with van der Waals surface area (Å²) >= 11 is 0. The summed E-state index contributed by atoms with van der Waals surface area (Å²) in [6.07, 6.45) is 0.651. The minimum atomic E-state index is -0.235. The highest BCUT2D eigenvalue weighted by Gasteiger charge is 2.10. The van der Waals surface area contributed by atoms with Gasteiger partial charge in [-0.15, -0.1) is 0 Å². The Hall–Kier alpha value is -1.13. The van der Waals surface area contributed by atoms with Crippen LogP contribution in [0, 0.1) is 5.82 Å². The molecule has 0 fully saturated rings. The van der Waals surface area contributed by atoms with Crippen molar-refractivity contribution in [2.45, 2.75) is 19.4 Å². The Labute approximate surface area is 95.7 Å². The highest BCUT2D eigenvalue weighted by Crippen LogP contribution is 2.18. The summed E-state index contributed by atoms with van der Waals surface area (Å²) in [4.78, 5) is 1.92. The van der Waals surface area contributed by atoms with Gasteiger partial charge in [-0.1, -0.05) is 12.1 Å². The Kier molecular flexibility index (Phi) is 5.22. The lowest BCUT2D eigenvalue weighted by Crippen LogP contribution is -2.32. The minimum absolute atomic E-state index is 0.0329. The summed E-state index contributed by atoms with van der Waals surface area (Å²) in [5.74, 6) is -0.220. The second-order valence-electron chi connectivity index (χ2n) is 3.76. The third-order valence-electron chi connectivity index (χ3n) is 2.58. The maximum Gasteiger partial charge on any atom is 0.146 e. The maximum absolute atomic E-state index is 13.5. The zero-order chi connectivity index (χ0) is 12.0. The Bertz CT molecular complexity index is 320. The monoisotopic (exact) mass is 226 g/mol. The fourth-order valence-electron chi connectivity index (χ4n) is 1.57. The third kappa shape index (κ3) is 3.47. The van der Waals surface area contributed by atoms with Crippen molar-refractivity contribution in [3.8, 4) is 0 Å². The topological polar surface area (TPSA) is 49.5 Å². The van der Waals surface area contributed by atoms with E-state index in [9.17, 15) is 4.39 Å². The SMILES string of the molecule is CCN(CCC(N)CO)c1ccccc1F. The van der Waals surface area contributed by atoms with Crippen LogP contribution in [0.3, 0.4) is 0 Å². The van der Waals surface area contributed by atoms with Gasteiger partial charge in [-0.2, -0.15) is 0 Å². The molecule has 1 rings (SSSR count). The fraction of sp³-hybridized carbons (Fsp3) is 0.500. The van der Waals surface area contributed by atoms with Crippen molar-refractivity contribution in [1.82, 2.24) is 0 Å². The molecule has 1 aromatic carbocycles. The molecule has 0 aliphatic carbocycles. The maximum atomic E-state index is 13.5. The lowest BCUT2D eigenvalue weighted by molar-refractivity contribution is 0.261. The van der Waals surface area contributed by atoms with Crippen LogP contribution in [0.5, 0.6) is 0 Å². The highest BCUT2D eigenvalue weighted by molar-refractivity contribution is 5.47. The molecule has 0 heterocycles. The summed E-state index contributed by atoms with van der Waals surface area (Å²) in [6, 6.07) is 6.45. The van der Waals surface area contributed by atoms with Crippen LogP contribution in [0.1, 0.15) is 13.3 Å². The average Bonchev–Trinajstić information content (AvgIpc) is 2.31. The summed E-state index contributed by atoms with van der Waals surface area (Å²) in [5.41, 5.74) is 6.21. The number of hydrogen-bond donors (Lipinski definition) is 2. The molecule has 0 saturated heterocycles. The smallest absolute Gasteiger partial charge is 0.146 e. The van der Waals surface area contributed by atoms with Crippen molar-refractivity contribution in [2.24, 2.45) is 5.73 Å². The van der Waals surface area contributed by atoms with E-state index < -0.39 is 0 Å². The predicted octanol–water partition coefficient (Wildman–Crippen LogP) is 1.36. The van der Waals surface area contributed by atoms with E-state index in [2.05, 4.69) is 0 Å². The van der Waals surface area contributed by atoms with E-state index in [1.54, 1.807) is 12.1 Å². The number of nitrogens with two attached hydrogens (primary N) is 1. The quantitative estimate of drug-likeness (QED) is 0.770. The number of rotatable bonds is 6. The third-order valence-corrected chi connectivity index (χ3v) is 2.58. The van der Waals surface area contributed by atoms with Crippen LogP contribution in [0.4, 0.5) is 10.1 Å². The number of aliphatic hydroxyl groups is 1. The van der Waals surface area contributed by atoms with Crippen molar-refractivity contribution in [3.05, 3.63) is 30.1 Å². The Morgan fingerprint density at radius 2 is 2.12 bits per heavy atom. The standard InChI is InChI=1S/C12H19FN2O/c1-2-15(8-7-10(14)9-16)12-6-4-3-5-11(12)13/h3-6,10,16H,2,7-9,14H2,1H3. The van der Waals surface area contributed by atoms with Gasteiger partial charge in [0.15, 0.2) is 0 Å². The molecule has 1 aromatic rings. The van der Waals surface area contributed by atoms with Gasteiger partial charge in [0, 0.05) is 19.1 Å². The molecule has 3 nitrogen and oxygen atoms in total. The molecule has 0 aliphatic rings. The lowest BCUT2D eigenvalue weighted by atomic mass is 10.2. The molecule has 1 unspecified atom stereocenters. The number of halogens is 1. The summed E-state index contributed by atoms with van der Waals surface area (Å²) in [6.45, 7) is 3.31. The molecule has 0 aliphatic heterocycles. The van der Waals surface area contributed by atoms with Crippen LogP contribution in [-0.2, 0) is 0 Å². The molecule has 0 bridgehead atoms. The molecule has 0 saturated carbocycles. The molecule has 0 amide bonds. The molecular weight excluding hydrogens is 207 g/mol. The first kappa shape index (κ1) is 12.9. The number of anilines is 1. The van der Waals surface area contributed by atoms with E-state index >= 15 is 0 Å². The van der Waals surface area contributed by atoms with Crippen molar-refractivity contribution in [1.29, 1.82) is 0 Å². The van der Waals surface area contributed by atoms with E-state index in [-0.39, 0.29) is 18.5 Å². The second kappa shape index (κ2) is 6.45. The van der Waals surface area contributed by atoms with Crippen LogP contribution in [0.2, 0.25) is 0 Å². The Morgan fingerprint density at radius 3 is 2.69 bits per heavy atom. The molecule has 1 atom stereocenters. The molecule has 0 spiro atoms. The molecule has 4 heteroatoms. The second-order valence-corrected chi connectivity index (χ2v) is 3.76. The molecule has 16 heavy (non-hydrogen) atoms. The van der Waals surface area contributed by atoms with Crippen LogP contribution in [-0.4, -0.2) is 30.8 Å². The normalized spacial score (nSPS) is 12.5. The highest BCUT2D eigenvalue weighted by atomic mass is 19.1.